The van der Waals surface area contributed by atoms with Crippen LogP contribution in [0.25, 0.3) is 11.1 Å². The molecule has 0 aliphatic heterocycles. The maximum atomic E-state index is 11.1. The molecule has 0 saturated carbocycles. The van der Waals surface area contributed by atoms with Gasteiger partial charge in [0, 0.05) is 5.56 Å². The van der Waals surface area contributed by atoms with Crippen LogP contribution >= 0.6 is 0 Å². The fourth-order valence-corrected chi connectivity index (χ4v) is 2.04. The van der Waals surface area contributed by atoms with Gasteiger partial charge in [-0.2, -0.15) is 5.26 Å². The first-order valence-corrected chi connectivity index (χ1v) is 5.95. The number of ether oxygens (including phenoxy) is 2. The highest BCUT2D eigenvalue weighted by atomic mass is 16.5. The second-order valence-electron chi connectivity index (χ2n) is 4.11. The third-order valence-corrected chi connectivity index (χ3v) is 2.96. The molecule has 0 bridgehead atoms. The van der Waals surface area contributed by atoms with Gasteiger partial charge in [0.25, 0.3) is 0 Å². The summed E-state index contributed by atoms with van der Waals surface area (Å²) in [5.74, 6) is 1.07. The van der Waals surface area contributed by atoms with Crippen molar-refractivity contribution in [2.75, 3.05) is 14.2 Å². The summed E-state index contributed by atoms with van der Waals surface area (Å²) in [6, 6.07) is 12.6. The molecule has 0 N–H and O–H groups in total. The fourth-order valence-electron chi connectivity index (χ4n) is 2.04. The zero-order valence-corrected chi connectivity index (χ0v) is 11.2. The average Bonchev–Trinajstić information content (AvgIpc) is 2.53. The SMILES string of the molecule is COc1cc(C#N)cc(-c2cccc(C=O)c2OC)c1. The number of methoxy groups -OCH3 is 2. The van der Waals surface area contributed by atoms with E-state index in [4.69, 9.17) is 14.7 Å². The summed E-state index contributed by atoms with van der Waals surface area (Å²) in [6.07, 6.45) is 0.744. The fraction of sp³-hybridized carbons (Fsp3) is 0.125. The molecule has 100 valence electrons. The van der Waals surface area contributed by atoms with E-state index in [9.17, 15) is 4.79 Å². The Kier molecular flexibility index (Phi) is 4.02. The number of nitrogens with zero attached hydrogens (tertiary/aromatic N) is 1. The summed E-state index contributed by atoms with van der Waals surface area (Å²) in [6.45, 7) is 0. The van der Waals surface area contributed by atoms with Gasteiger partial charge >= 0.3 is 0 Å². The van der Waals surface area contributed by atoms with Crippen LogP contribution in [0.4, 0.5) is 0 Å². The van der Waals surface area contributed by atoms with E-state index in [0.717, 1.165) is 17.4 Å². The molecule has 0 aliphatic carbocycles. The van der Waals surface area contributed by atoms with Gasteiger partial charge in [0.2, 0.25) is 0 Å². The highest BCUT2D eigenvalue weighted by Crippen LogP contribution is 2.34. The van der Waals surface area contributed by atoms with Crippen molar-refractivity contribution in [2.24, 2.45) is 0 Å². The van der Waals surface area contributed by atoms with Gasteiger partial charge in [0.15, 0.2) is 6.29 Å². The van der Waals surface area contributed by atoms with Crippen molar-refractivity contribution in [3.05, 3.63) is 47.5 Å². The lowest BCUT2D eigenvalue weighted by Crippen LogP contribution is -1.94. The summed E-state index contributed by atoms with van der Waals surface area (Å²) in [7, 11) is 3.05. The Morgan fingerprint density at radius 3 is 2.55 bits per heavy atom. The molecule has 0 unspecified atom stereocenters. The van der Waals surface area contributed by atoms with E-state index >= 15 is 0 Å². The Morgan fingerprint density at radius 2 is 1.95 bits per heavy atom. The summed E-state index contributed by atoms with van der Waals surface area (Å²) in [4.78, 5) is 11.1. The lowest BCUT2D eigenvalue weighted by Gasteiger charge is -2.12. The number of nitriles is 1. The van der Waals surface area contributed by atoms with Crippen molar-refractivity contribution in [1.29, 1.82) is 5.26 Å². The predicted octanol–water partition coefficient (Wildman–Crippen LogP) is 3.05. The molecule has 0 saturated heterocycles. The van der Waals surface area contributed by atoms with Crippen molar-refractivity contribution in [2.45, 2.75) is 0 Å². The van der Waals surface area contributed by atoms with Crippen LogP contribution in [0.15, 0.2) is 36.4 Å². The Bertz CT molecular complexity index is 687. The standard InChI is InChI=1S/C16H13NO3/c1-19-14-7-11(9-17)6-13(8-14)15-5-3-4-12(10-18)16(15)20-2/h3-8,10H,1-2H3. The number of carbonyl (C=O) groups is 1. The number of para-hydroxylation sites is 1. The van der Waals surface area contributed by atoms with Crippen molar-refractivity contribution in [3.63, 3.8) is 0 Å². The van der Waals surface area contributed by atoms with Gasteiger partial charge in [-0.25, -0.2) is 0 Å². The molecule has 2 aromatic rings. The number of hydrogen-bond acceptors (Lipinski definition) is 4. The van der Waals surface area contributed by atoms with Crippen LogP contribution < -0.4 is 9.47 Å². The molecular weight excluding hydrogens is 254 g/mol. The molecule has 20 heavy (non-hydrogen) atoms. The Morgan fingerprint density at radius 1 is 1.15 bits per heavy atom. The minimum absolute atomic E-state index is 0.464. The number of carbonyl (C=O) groups excluding carboxylic acids is 1. The Labute approximate surface area is 117 Å². The summed E-state index contributed by atoms with van der Waals surface area (Å²) >= 11 is 0. The molecule has 0 spiro atoms. The minimum Gasteiger partial charge on any atom is -0.497 e. The average molecular weight is 267 g/mol. The van der Waals surface area contributed by atoms with E-state index in [2.05, 4.69) is 6.07 Å². The smallest absolute Gasteiger partial charge is 0.153 e. The largest absolute Gasteiger partial charge is 0.497 e. The van der Waals surface area contributed by atoms with Gasteiger partial charge in [0.05, 0.1) is 31.4 Å². The molecule has 2 rings (SSSR count). The Balaban J connectivity index is 2.68. The molecule has 0 aliphatic rings. The predicted molar refractivity (Wildman–Crippen MR) is 75.1 cm³/mol. The summed E-state index contributed by atoms with van der Waals surface area (Å²) in [5, 5.41) is 9.06. The first-order valence-electron chi connectivity index (χ1n) is 5.95. The first-order chi connectivity index (χ1) is 9.73. The highest BCUT2D eigenvalue weighted by molar-refractivity contribution is 5.86. The van der Waals surface area contributed by atoms with Crippen LogP contribution in [-0.2, 0) is 0 Å². The van der Waals surface area contributed by atoms with Gasteiger partial charge in [-0.05, 0) is 29.8 Å². The van der Waals surface area contributed by atoms with Gasteiger partial charge in [-0.3, -0.25) is 4.79 Å². The second kappa shape index (κ2) is 5.89. The number of aldehydes is 1. The van der Waals surface area contributed by atoms with Crippen LogP contribution in [0.3, 0.4) is 0 Å². The van der Waals surface area contributed by atoms with Crippen LogP contribution in [0.1, 0.15) is 15.9 Å². The lowest BCUT2D eigenvalue weighted by molar-refractivity contribution is 0.112. The molecule has 0 aromatic heterocycles. The molecule has 0 heterocycles. The number of benzene rings is 2. The third-order valence-electron chi connectivity index (χ3n) is 2.96. The van der Waals surface area contributed by atoms with E-state index in [1.807, 2.05) is 6.07 Å². The molecule has 0 radical (unpaired) electrons. The normalized spacial score (nSPS) is 9.65. The van der Waals surface area contributed by atoms with Crippen molar-refractivity contribution in [3.8, 4) is 28.7 Å². The van der Waals surface area contributed by atoms with Crippen molar-refractivity contribution < 1.29 is 14.3 Å². The molecule has 4 nitrogen and oxygen atoms in total. The van der Waals surface area contributed by atoms with Gasteiger partial charge in [-0.1, -0.05) is 12.1 Å². The highest BCUT2D eigenvalue weighted by Gasteiger charge is 2.12. The van der Waals surface area contributed by atoms with Crippen molar-refractivity contribution in [1.82, 2.24) is 0 Å². The first kappa shape index (κ1) is 13.6. The quantitative estimate of drug-likeness (QED) is 0.799. The topological polar surface area (TPSA) is 59.3 Å². The number of hydrogen-bond donors (Lipinski definition) is 0. The lowest BCUT2D eigenvalue weighted by atomic mass is 9.99. The van der Waals surface area contributed by atoms with Gasteiger partial charge in [0.1, 0.15) is 11.5 Å². The molecule has 0 atom stereocenters. The molecule has 0 amide bonds. The second-order valence-corrected chi connectivity index (χ2v) is 4.11. The number of rotatable bonds is 4. The zero-order valence-electron chi connectivity index (χ0n) is 11.2. The molecule has 2 aromatic carbocycles. The van der Waals surface area contributed by atoms with Gasteiger partial charge in [-0.15, -0.1) is 0 Å². The third kappa shape index (κ3) is 2.47. The van der Waals surface area contributed by atoms with Crippen LogP contribution in [0.2, 0.25) is 0 Å². The van der Waals surface area contributed by atoms with E-state index in [-0.39, 0.29) is 0 Å². The van der Waals surface area contributed by atoms with Crippen LogP contribution in [-0.4, -0.2) is 20.5 Å². The van der Waals surface area contributed by atoms with Crippen molar-refractivity contribution >= 4 is 6.29 Å². The monoisotopic (exact) mass is 267 g/mol. The summed E-state index contributed by atoms with van der Waals surface area (Å²) < 4.78 is 10.5. The van der Waals surface area contributed by atoms with E-state index in [1.54, 1.807) is 37.4 Å². The Hall–Kier alpha value is -2.80. The maximum Gasteiger partial charge on any atom is 0.153 e. The van der Waals surface area contributed by atoms with E-state index in [0.29, 0.717) is 22.6 Å². The minimum atomic E-state index is 0.464. The molecular formula is C16H13NO3. The molecule has 0 fully saturated rings. The van der Waals surface area contributed by atoms with Gasteiger partial charge < -0.3 is 9.47 Å². The maximum absolute atomic E-state index is 11.1. The van der Waals surface area contributed by atoms with Crippen LogP contribution in [0.5, 0.6) is 11.5 Å². The summed E-state index contributed by atoms with van der Waals surface area (Å²) in [5.41, 5.74) is 2.46. The van der Waals surface area contributed by atoms with Crippen LogP contribution in [0, 0.1) is 11.3 Å². The zero-order chi connectivity index (χ0) is 14.5. The van der Waals surface area contributed by atoms with E-state index < -0.39 is 0 Å². The van der Waals surface area contributed by atoms with E-state index in [1.165, 1.54) is 7.11 Å². The molecule has 4 heteroatoms.